The van der Waals surface area contributed by atoms with E-state index in [1.165, 1.54) is 19.3 Å². The summed E-state index contributed by atoms with van der Waals surface area (Å²) in [5, 5.41) is 0. The Labute approximate surface area is 62.5 Å². The maximum Gasteiger partial charge on any atom is 0.324 e. The van der Waals surface area contributed by atoms with Gasteiger partial charge >= 0.3 is 8.69 Å². The summed E-state index contributed by atoms with van der Waals surface area (Å²) in [5.74, 6) is 0.827. The van der Waals surface area contributed by atoms with Crippen LogP contribution in [0.2, 0.25) is 0 Å². The molecule has 0 saturated heterocycles. The van der Waals surface area contributed by atoms with Gasteiger partial charge in [-0.2, -0.15) is 0 Å². The second kappa shape index (κ2) is 15.8. The van der Waals surface area contributed by atoms with Gasteiger partial charge in [0.25, 0.3) is 0 Å². The fourth-order valence-corrected chi connectivity index (χ4v) is 0.533. The van der Waals surface area contributed by atoms with Crippen LogP contribution in [0.3, 0.4) is 0 Å². The van der Waals surface area contributed by atoms with Gasteiger partial charge in [0.15, 0.2) is 0 Å². The molecule has 0 heterocycles. The van der Waals surface area contributed by atoms with Crippen molar-refractivity contribution in [3.63, 3.8) is 0 Å². The van der Waals surface area contributed by atoms with E-state index in [2.05, 4.69) is 6.92 Å². The molecule has 0 bridgehead atoms. The average Bonchev–Trinajstić information content (AvgIpc) is 1.86. The lowest BCUT2D eigenvalue weighted by atomic mass is 10.3. The molecule has 0 aliphatic carbocycles. The van der Waals surface area contributed by atoms with Crippen LogP contribution >= 0.6 is 20.3 Å². The molecule has 0 aliphatic rings. The number of halogens is 1. The Bertz CT molecular complexity index is 48.2. The van der Waals surface area contributed by atoms with Gasteiger partial charge in [-0.1, -0.05) is 19.8 Å². The molecule has 2 nitrogen and oxygen atoms in total. The van der Waals surface area contributed by atoms with Crippen molar-refractivity contribution in [2.24, 2.45) is 0 Å². The summed E-state index contributed by atoms with van der Waals surface area (Å²) in [4.78, 5) is 6.99. The van der Waals surface area contributed by atoms with Crippen molar-refractivity contribution in [2.75, 3.05) is 5.88 Å². The normalized spacial score (nSPS) is 8.33. The molecule has 56 valence electrons. The molecule has 0 saturated carbocycles. The highest BCUT2D eigenvalue weighted by molar-refractivity contribution is 7.16. The van der Waals surface area contributed by atoms with Crippen molar-refractivity contribution >= 4 is 20.3 Å². The van der Waals surface area contributed by atoms with E-state index in [4.69, 9.17) is 21.1 Å². The molecule has 0 fully saturated rings. The van der Waals surface area contributed by atoms with Crippen molar-refractivity contribution < 1.29 is 9.46 Å². The first-order chi connectivity index (χ1) is 4.33. The van der Waals surface area contributed by atoms with E-state index in [0.717, 1.165) is 5.88 Å². The van der Waals surface area contributed by atoms with Crippen LogP contribution in [0.4, 0.5) is 0 Å². The lowest BCUT2D eigenvalue weighted by Crippen LogP contribution is -1.70. The fourth-order valence-electron chi connectivity index (χ4n) is 0.344. The first kappa shape index (κ1) is 12.1. The Morgan fingerprint density at radius 3 is 2.11 bits per heavy atom. The van der Waals surface area contributed by atoms with Crippen molar-refractivity contribution in [1.82, 2.24) is 0 Å². The first-order valence-electron chi connectivity index (χ1n) is 2.86. The molecule has 0 aromatic carbocycles. The van der Waals surface area contributed by atoms with Gasteiger partial charge in [0, 0.05) is 5.88 Å². The number of hydrogen-bond acceptors (Lipinski definition) is 1. The number of unbranched alkanes of at least 4 members (excludes halogenated alkanes) is 2. The first-order valence-corrected chi connectivity index (χ1v) is 4.16. The van der Waals surface area contributed by atoms with Gasteiger partial charge < -0.3 is 4.89 Å². The van der Waals surface area contributed by atoms with Crippen LogP contribution in [0.25, 0.3) is 0 Å². The molecule has 0 spiro atoms. The lowest BCUT2D eigenvalue weighted by molar-refractivity contribution is 0.524. The van der Waals surface area contributed by atoms with Crippen LogP contribution in [0, 0.1) is 0 Å². The molecule has 0 amide bonds. The molecular formula is C5H12ClO2P. The highest BCUT2D eigenvalue weighted by Gasteiger charge is 1.76. The van der Waals surface area contributed by atoms with Crippen LogP contribution in [0.1, 0.15) is 26.2 Å². The maximum absolute atomic E-state index is 8.46. The molecule has 1 N–H and O–H groups in total. The van der Waals surface area contributed by atoms with E-state index in [-0.39, 0.29) is 0 Å². The molecule has 0 radical (unpaired) electrons. The van der Waals surface area contributed by atoms with E-state index in [0.29, 0.717) is 0 Å². The SMILES string of the molecule is CCCCCCl.O=PO. The zero-order chi connectivity index (χ0) is 7.54. The number of alkyl halides is 1. The van der Waals surface area contributed by atoms with Gasteiger partial charge in [0.2, 0.25) is 0 Å². The van der Waals surface area contributed by atoms with Gasteiger partial charge in [-0.05, 0) is 6.42 Å². The Kier molecular flexibility index (Phi) is 21.1. The van der Waals surface area contributed by atoms with Gasteiger partial charge in [0.05, 0.1) is 0 Å². The molecule has 4 heteroatoms. The molecular weight excluding hydrogens is 158 g/mol. The minimum atomic E-state index is -0.833. The Hall–Kier alpha value is 0.350. The molecule has 0 atom stereocenters. The quantitative estimate of drug-likeness (QED) is 0.402. The zero-order valence-electron chi connectivity index (χ0n) is 5.51. The minimum Gasteiger partial charge on any atom is -0.310 e. The smallest absolute Gasteiger partial charge is 0.310 e. The number of hydrogen-bond donors (Lipinski definition) is 1. The standard InChI is InChI=1S/C5H11Cl.HO2P/c1-2-3-4-5-6;1-3-2/h2-5H2,1H3;(H,1,2). The van der Waals surface area contributed by atoms with Crippen molar-refractivity contribution in [2.45, 2.75) is 26.2 Å². The summed E-state index contributed by atoms with van der Waals surface area (Å²) < 4.78 is 8.46. The van der Waals surface area contributed by atoms with Crippen LogP contribution in [0.5, 0.6) is 0 Å². The fraction of sp³-hybridized carbons (Fsp3) is 1.00. The van der Waals surface area contributed by atoms with E-state index in [1.54, 1.807) is 0 Å². The van der Waals surface area contributed by atoms with Crippen molar-refractivity contribution in [3.05, 3.63) is 0 Å². The van der Waals surface area contributed by atoms with Gasteiger partial charge in [-0.25, -0.2) is 4.57 Å². The topological polar surface area (TPSA) is 37.3 Å². The molecule has 0 aromatic rings. The van der Waals surface area contributed by atoms with Crippen LogP contribution in [-0.2, 0) is 4.57 Å². The maximum atomic E-state index is 8.46. The lowest BCUT2D eigenvalue weighted by Gasteiger charge is -1.84. The largest absolute Gasteiger partial charge is 0.324 e. The summed E-state index contributed by atoms with van der Waals surface area (Å²) in [6.45, 7) is 2.17. The van der Waals surface area contributed by atoms with Crippen LogP contribution in [0.15, 0.2) is 0 Å². The summed E-state index contributed by atoms with van der Waals surface area (Å²) >= 11 is 5.38. The Morgan fingerprint density at radius 1 is 1.56 bits per heavy atom. The van der Waals surface area contributed by atoms with Crippen LogP contribution < -0.4 is 0 Å². The third-order valence-electron chi connectivity index (χ3n) is 0.737. The Morgan fingerprint density at radius 2 is 2.00 bits per heavy atom. The predicted octanol–water partition coefficient (Wildman–Crippen LogP) is 2.60. The predicted molar refractivity (Wildman–Crippen MR) is 40.1 cm³/mol. The second-order valence-corrected chi connectivity index (χ2v) is 2.02. The Balaban J connectivity index is 0. The molecule has 0 aromatic heterocycles. The molecule has 0 rings (SSSR count). The molecule has 0 aliphatic heterocycles. The highest BCUT2D eigenvalue weighted by Crippen LogP contribution is 1.93. The van der Waals surface area contributed by atoms with Gasteiger partial charge in [0.1, 0.15) is 0 Å². The summed E-state index contributed by atoms with van der Waals surface area (Å²) in [6.07, 6.45) is 3.73. The zero-order valence-corrected chi connectivity index (χ0v) is 7.16. The van der Waals surface area contributed by atoms with Crippen LogP contribution in [-0.4, -0.2) is 10.8 Å². The summed E-state index contributed by atoms with van der Waals surface area (Å²) in [7, 11) is -0.833. The van der Waals surface area contributed by atoms with E-state index in [9.17, 15) is 0 Å². The van der Waals surface area contributed by atoms with Gasteiger partial charge in [-0.3, -0.25) is 0 Å². The highest BCUT2D eigenvalue weighted by atomic mass is 35.5. The molecule has 0 unspecified atom stereocenters. The van der Waals surface area contributed by atoms with E-state index >= 15 is 0 Å². The third-order valence-corrected chi connectivity index (χ3v) is 1.00. The van der Waals surface area contributed by atoms with Crippen molar-refractivity contribution in [1.29, 1.82) is 0 Å². The summed E-state index contributed by atoms with van der Waals surface area (Å²) in [5.41, 5.74) is 0. The number of rotatable bonds is 3. The van der Waals surface area contributed by atoms with E-state index in [1.807, 2.05) is 0 Å². The summed E-state index contributed by atoms with van der Waals surface area (Å²) in [6, 6.07) is 0. The average molecular weight is 171 g/mol. The van der Waals surface area contributed by atoms with Crippen molar-refractivity contribution in [3.8, 4) is 0 Å². The molecule has 9 heavy (non-hydrogen) atoms. The van der Waals surface area contributed by atoms with E-state index < -0.39 is 8.69 Å². The third kappa shape index (κ3) is 30.0. The minimum absolute atomic E-state index is 0.827. The second-order valence-electron chi connectivity index (χ2n) is 1.48. The monoisotopic (exact) mass is 170 g/mol. The van der Waals surface area contributed by atoms with Gasteiger partial charge in [-0.15, -0.1) is 11.6 Å².